The van der Waals surface area contributed by atoms with E-state index in [1.165, 1.54) is 23.1 Å². The first-order valence-corrected chi connectivity index (χ1v) is 7.36. The summed E-state index contributed by atoms with van der Waals surface area (Å²) in [6, 6.07) is 7.54. The molecule has 1 rings (SSSR count). The van der Waals surface area contributed by atoms with Gasteiger partial charge in [-0.3, -0.25) is 4.90 Å². The van der Waals surface area contributed by atoms with Gasteiger partial charge in [-0.1, -0.05) is 37.6 Å². The molecule has 2 heteroatoms. The summed E-state index contributed by atoms with van der Waals surface area (Å²) >= 11 is 0. The SMILES string of the molecule is Cc1ccc(C(CN)N(C)C(C)CC(C)C)c(C)c1. The van der Waals surface area contributed by atoms with Crippen molar-refractivity contribution in [3.05, 3.63) is 34.9 Å². The molecule has 0 aliphatic heterocycles. The van der Waals surface area contributed by atoms with Crippen molar-refractivity contribution in [3.8, 4) is 0 Å². The highest BCUT2D eigenvalue weighted by molar-refractivity contribution is 5.33. The molecule has 0 saturated heterocycles. The quantitative estimate of drug-likeness (QED) is 0.847. The number of nitrogens with zero attached hydrogens (tertiary/aromatic N) is 1. The largest absolute Gasteiger partial charge is 0.329 e. The Bertz CT molecular complexity index is 398. The normalized spacial score (nSPS) is 15.0. The van der Waals surface area contributed by atoms with Crippen LogP contribution in [0, 0.1) is 19.8 Å². The van der Waals surface area contributed by atoms with Gasteiger partial charge in [-0.2, -0.15) is 0 Å². The van der Waals surface area contributed by atoms with Crippen molar-refractivity contribution in [2.24, 2.45) is 11.7 Å². The summed E-state index contributed by atoms with van der Waals surface area (Å²) in [4.78, 5) is 2.43. The number of rotatable bonds is 6. The van der Waals surface area contributed by atoms with E-state index in [0.29, 0.717) is 18.6 Å². The molecular weight excluding hydrogens is 232 g/mol. The molecule has 2 unspecified atom stereocenters. The van der Waals surface area contributed by atoms with E-state index in [1.54, 1.807) is 0 Å². The summed E-state index contributed by atoms with van der Waals surface area (Å²) in [5, 5.41) is 0. The van der Waals surface area contributed by atoms with Gasteiger partial charge in [-0.15, -0.1) is 0 Å². The minimum atomic E-state index is 0.314. The Balaban J connectivity index is 2.93. The van der Waals surface area contributed by atoms with Crippen molar-refractivity contribution in [1.29, 1.82) is 0 Å². The number of likely N-dealkylation sites (N-methyl/N-ethyl adjacent to an activating group) is 1. The third-order valence-corrected chi connectivity index (χ3v) is 4.01. The third-order valence-electron chi connectivity index (χ3n) is 4.01. The summed E-state index contributed by atoms with van der Waals surface area (Å²) in [5.74, 6) is 0.718. The standard InChI is InChI=1S/C17H30N2/c1-12(2)9-15(5)19(6)17(11-18)16-8-7-13(3)10-14(16)4/h7-8,10,12,15,17H,9,11,18H2,1-6H3. The second kappa shape index (κ2) is 7.06. The molecule has 0 aromatic heterocycles. The van der Waals surface area contributed by atoms with E-state index in [1.807, 2.05) is 0 Å². The molecule has 2 atom stereocenters. The van der Waals surface area contributed by atoms with Crippen LogP contribution in [0.1, 0.15) is 49.9 Å². The number of benzene rings is 1. The fourth-order valence-corrected chi connectivity index (χ4v) is 2.87. The number of hydrogen-bond donors (Lipinski definition) is 1. The van der Waals surface area contributed by atoms with Crippen molar-refractivity contribution < 1.29 is 0 Å². The molecule has 19 heavy (non-hydrogen) atoms. The summed E-state index contributed by atoms with van der Waals surface area (Å²) in [6.07, 6.45) is 1.21. The smallest absolute Gasteiger partial charge is 0.0472 e. The van der Waals surface area contributed by atoms with Gasteiger partial charge in [0.15, 0.2) is 0 Å². The highest BCUT2D eigenvalue weighted by Crippen LogP contribution is 2.26. The van der Waals surface area contributed by atoms with Gasteiger partial charge >= 0.3 is 0 Å². The molecule has 108 valence electrons. The fraction of sp³-hybridized carbons (Fsp3) is 0.647. The summed E-state index contributed by atoms with van der Waals surface area (Å²) in [5.41, 5.74) is 10.1. The fourth-order valence-electron chi connectivity index (χ4n) is 2.87. The minimum Gasteiger partial charge on any atom is -0.329 e. The lowest BCUT2D eigenvalue weighted by molar-refractivity contribution is 0.168. The average molecular weight is 262 g/mol. The third kappa shape index (κ3) is 4.32. The van der Waals surface area contributed by atoms with Gasteiger partial charge in [0.1, 0.15) is 0 Å². The van der Waals surface area contributed by atoms with Crippen molar-refractivity contribution in [3.63, 3.8) is 0 Å². The lowest BCUT2D eigenvalue weighted by Gasteiger charge is -2.34. The monoisotopic (exact) mass is 262 g/mol. The van der Waals surface area contributed by atoms with Crippen LogP contribution in [0.25, 0.3) is 0 Å². The summed E-state index contributed by atoms with van der Waals surface area (Å²) in [6.45, 7) is 11.8. The minimum absolute atomic E-state index is 0.314. The molecule has 0 aliphatic carbocycles. The number of aryl methyl sites for hydroxylation is 2. The first kappa shape index (κ1) is 16.2. The van der Waals surface area contributed by atoms with Crippen molar-refractivity contribution >= 4 is 0 Å². The molecule has 0 heterocycles. The second-order valence-electron chi connectivity index (χ2n) is 6.26. The molecule has 0 bridgehead atoms. The van der Waals surface area contributed by atoms with Gasteiger partial charge in [0.25, 0.3) is 0 Å². The van der Waals surface area contributed by atoms with Gasteiger partial charge < -0.3 is 5.73 Å². The van der Waals surface area contributed by atoms with Crippen molar-refractivity contribution in [1.82, 2.24) is 4.90 Å². The molecule has 0 saturated carbocycles. The Kier molecular flexibility index (Phi) is 6.02. The summed E-state index contributed by atoms with van der Waals surface area (Å²) < 4.78 is 0. The zero-order valence-electron chi connectivity index (χ0n) is 13.4. The van der Waals surface area contributed by atoms with E-state index < -0.39 is 0 Å². The Hall–Kier alpha value is -0.860. The van der Waals surface area contributed by atoms with E-state index in [9.17, 15) is 0 Å². The lowest BCUT2D eigenvalue weighted by atomic mass is 9.95. The zero-order valence-corrected chi connectivity index (χ0v) is 13.4. The first-order chi connectivity index (χ1) is 8.86. The van der Waals surface area contributed by atoms with Crippen LogP contribution in [-0.4, -0.2) is 24.5 Å². The van der Waals surface area contributed by atoms with Crippen LogP contribution in [0.5, 0.6) is 0 Å². The van der Waals surface area contributed by atoms with Gasteiger partial charge in [-0.25, -0.2) is 0 Å². The van der Waals surface area contributed by atoms with Crippen LogP contribution in [0.4, 0.5) is 0 Å². The van der Waals surface area contributed by atoms with Crippen LogP contribution in [0.2, 0.25) is 0 Å². The maximum absolute atomic E-state index is 6.04. The topological polar surface area (TPSA) is 29.3 Å². The average Bonchev–Trinajstić information content (AvgIpc) is 2.31. The molecule has 0 spiro atoms. The van der Waals surface area contributed by atoms with E-state index in [2.05, 4.69) is 64.8 Å². The Labute approximate surface area is 119 Å². The highest BCUT2D eigenvalue weighted by atomic mass is 15.2. The van der Waals surface area contributed by atoms with E-state index in [-0.39, 0.29) is 0 Å². The molecule has 2 nitrogen and oxygen atoms in total. The van der Waals surface area contributed by atoms with Gasteiger partial charge in [-0.05, 0) is 51.3 Å². The molecule has 0 radical (unpaired) electrons. The van der Waals surface area contributed by atoms with Crippen LogP contribution in [0.15, 0.2) is 18.2 Å². The predicted octanol–water partition coefficient (Wildman–Crippen LogP) is 3.67. The lowest BCUT2D eigenvalue weighted by Crippen LogP contribution is -2.38. The Morgan fingerprint density at radius 3 is 2.26 bits per heavy atom. The van der Waals surface area contributed by atoms with Gasteiger partial charge in [0.2, 0.25) is 0 Å². The van der Waals surface area contributed by atoms with Crippen molar-refractivity contribution in [2.75, 3.05) is 13.6 Å². The Morgan fingerprint density at radius 2 is 1.79 bits per heavy atom. The predicted molar refractivity (Wildman–Crippen MR) is 84.4 cm³/mol. The molecular formula is C17H30N2. The maximum Gasteiger partial charge on any atom is 0.0472 e. The molecule has 2 N–H and O–H groups in total. The molecule has 1 aromatic carbocycles. The molecule has 0 amide bonds. The van der Waals surface area contributed by atoms with Crippen LogP contribution in [-0.2, 0) is 0 Å². The van der Waals surface area contributed by atoms with Gasteiger partial charge in [0.05, 0.1) is 0 Å². The van der Waals surface area contributed by atoms with E-state index in [0.717, 1.165) is 5.92 Å². The molecule has 0 fully saturated rings. The van der Waals surface area contributed by atoms with Crippen LogP contribution in [0.3, 0.4) is 0 Å². The van der Waals surface area contributed by atoms with Gasteiger partial charge in [0, 0.05) is 18.6 Å². The van der Waals surface area contributed by atoms with Crippen LogP contribution >= 0.6 is 0 Å². The first-order valence-electron chi connectivity index (χ1n) is 7.36. The zero-order chi connectivity index (χ0) is 14.6. The number of nitrogens with two attached hydrogens (primary N) is 1. The molecule has 1 aromatic rings. The van der Waals surface area contributed by atoms with E-state index >= 15 is 0 Å². The van der Waals surface area contributed by atoms with Crippen LogP contribution < -0.4 is 5.73 Å². The highest BCUT2D eigenvalue weighted by Gasteiger charge is 2.22. The molecule has 0 aliphatic rings. The second-order valence-corrected chi connectivity index (χ2v) is 6.26. The maximum atomic E-state index is 6.04. The van der Waals surface area contributed by atoms with Crippen molar-refractivity contribution in [2.45, 2.75) is 53.1 Å². The summed E-state index contributed by atoms with van der Waals surface area (Å²) in [7, 11) is 2.20. The Morgan fingerprint density at radius 1 is 1.16 bits per heavy atom. The van der Waals surface area contributed by atoms with E-state index in [4.69, 9.17) is 5.73 Å². The number of hydrogen-bond acceptors (Lipinski definition) is 2.